The van der Waals surface area contributed by atoms with Gasteiger partial charge >= 0.3 is 11.7 Å². The monoisotopic (exact) mass is 242 g/mol. The molecule has 0 atom stereocenters. The number of aromatic amines is 1. The number of esters is 1. The van der Waals surface area contributed by atoms with Gasteiger partial charge in [0.25, 0.3) is 5.56 Å². The van der Waals surface area contributed by atoms with Gasteiger partial charge in [-0.25, -0.2) is 9.59 Å². The predicted molar refractivity (Wildman–Crippen MR) is 59.2 cm³/mol. The molecule has 17 heavy (non-hydrogen) atoms. The summed E-state index contributed by atoms with van der Waals surface area (Å²) >= 11 is 0. The molecule has 0 aromatic carbocycles. The second-order valence-corrected chi connectivity index (χ2v) is 3.18. The fourth-order valence-corrected chi connectivity index (χ4v) is 1.25. The molecule has 0 amide bonds. The molecule has 7 heteroatoms. The molecule has 0 radical (unpaired) electrons. The summed E-state index contributed by atoms with van der Waals surface area (Å²) in [6.45, 7) is 2.08. The third kappa shape index (κ3) is 3.04. The van der Waals surface area contributed by atoms with Gasteiger partial charge in [0, 0.05) is 13.3 Å². The number of hydrogen-bond donors (Lipinski definition) is 1. The van der Waals surface area contributed by atoms with Crippen molar-refractivity contribution < 1.29 is 14.3 Å². The number of nitrogens with zero attached hydrogens (tertiary/aromatic N) is 1. The SMILES string of the molecule is CCOC(=O)c1c[nH]c(=O)n(CCOC)c1=O. The lowest BCUT2D eigenvalue weighted by atomic mass is 10.3. The van der Waals surface area contributed by atoms with E-state index in [0.717, 1.165) is 10.8 Å². The summed E-state index contributed by atoms with van der Waals surface area (Å²) < 4.78 is 10.4. The van der Waals surface area contributed by atoms with Gasteiger partial charge in [0.1, 0.15) is 5.56 Å². The van der Waals surface area contributed by atoms with Gasteiger partial charge in [0.2, 0.25) is 0 Å². The first kappa shape index (κ1) is 13.2. The van der Waals surface area contributed by atoms with E-state index in [-0.39, 0.29) is 25.3 Å². The van der Waals surface area contributed by atoms with Gasteiger partial charge < -0.3 is 14.5 Å². The van der Waals surface area contributed by atoms with Crippen molar-refractivity contribution in [2.75, 3.05) is 20.3 Å². The van der Waals surface area contributed by atoms with E-state index in [1.165, 1.54) is 7.11 Å². The molecule has 94 valence electrons. The first-order chi connectivity index (χ1) is 8.11. The zero-order valence-electron chi connectivity index (χ0n) is 9.69. The molecule has 1 aromatic rings. The molecule has 1 N–H and O–H groups in total. The van der Waals surface area contributed by atoms with Crippen LogP contribution < -0.4 is 11.2 Å². The number of ether oxygens (including phenoxy) is 2. The van der Waals surface area contributed by atoms with Crippen molar-refractivity contribution in [3.63, 3.8) is 0 Å². The van der Waals surface area contributed by atoms with Crippen molar-refractivity contribution in [3.8, 4) is 0 Å². The van der Waals surface area contributed by atoms with E-state index >= 15 is 0 Å². The molecular formula is C10H14N2O5. The predicted octanol–water partition coefficient (Wildman–Crippen LogP) is -0.640. The third-order valence-electron chi connectivity index (χ3n) is 2.08. The summed E-state index contributed by atoms with van der Waals surface area (Å²) in [6, 6.07) is 0. The maximum absolute atomic E-state index is 11.8. The highest BCUT2D eigenvalue weighted by atomic mass is 16.5. The molecule has 0 saturated heterocycles. The number of rotatable bonds is 5. The smallest absolute Gasteiger partial charge is 0.345 e. The highest BCUT2D eigenvalue weighted by Crippen LogP contribution is 1.91. The van der Waals surface area contributed by atoms with Crippen LogP contribution in [-0.2, 0) is 16.0 Å². The Balaban J connectivity index is 3.14. The lowest BCUT2D eigenvalue weighted by Crippen LogP contribution is -2.39. The standard InChI is InChI=1S/C10H14N2O5/c1-3-17-9(14)7-6-11-10(15)12(8(7)13)4-5-16-2/h6H,3-5H2,1-2H3,(H,11,15). The van der Waals surface area contributed by atoms with E-state index in [9.17, 15) is 14.4 Å². The number of methoxy groups -OCH3 is 1. The van der Waals surface area contributed by atoms with E-state index in [1.807, 2.05) is 0 Å². The molecule has 7 nitrogen and oxygen atoms in total. The molecule has 1 aromatic heterocycles. The Morgan fingerprint density at radius 2 is 2.18 bits per heavy atom. The number of H-pyrrole nitrogens is 1. The first-order valence-corrected chi connectivity index (χ1v) is 5.10. The summed E-state index contributed by atoms with van der Waals surface area (Å²) in [5, 5.41) is 0. The largest absolute Gasteiger partial charge is 0.462 e. The Morgan fingerprint density at radius 3 is 2.76 bits per heavy atom. The highest BCUT2D eigenvalue weighted by molar-refractivity contribution is 5.88. The van der Waals surface area contributed by atoms with Crippen LogP contribution in [0.2, 0.25) is 0 Å². The van der Waals surface area contributed by atoms with Crippen molar-refractivity contribution in [1.82, 2.24) is 9.55 Å². The number of aromatic nitrogens is 2. The Labute approximate surface area is 97.0 Å². The summed E-state index contributed by atoms with van der Waals surface area (Å²) in [5.74, 6) is -0.750. The first-order valence-electron chi connectivity index (χ1n) is 5.10. The molecule has 0 saturated carbocycles. The minimum absolute atomic E-state index is 0.0813. The zero-order valence-corrected chi connectivity index (χ0v) is 9.69. The van der Waals surface area contributed by atoms with Gasteiger partial charge in [0.05, 0.1) is 19.8 Å². The number of carbonyl (C=O) groups is 1. The number of nitrogens with one attached hydrogen (secondary N) is 1. The van der Waals surface area contributed by atoms with Crippen molar-refractivity contribution in [3.05, 3.63) is 32.6 Å². The van der Waals surface area contributed by atoms with Crippen molar-refractivity contribution in [2.24, 2.45) is 0 Å². The van der Waals surface area contributed by atoms with Gasteiger partial charge in [0.15, 0.2) is 0 Å². The van der Waals surface area contributed by atoms with E-state index in [1.54, 1.807) is 6.92 Å². The Hall–Kier alpha value is -1.89. The fraction of sp³-hybridized carbons (Fsp3) is 0.500. The van der Waals surface area contributed by atoms with Crippen LogP contribution in [0, 0.1) is 0 Å². The molecule has 0 bridgehead atoms. The lowest BCUT2D eigenvalue weighted by molar-refractivity contribution is 0.0522. The molecule has 1 rings (SSSR count). The molecule has 0 spiro atoms. The summed E-state index contributed by atoms with van der Waals surface area (Å²) in [6.07, 6.45) is 1.06. The van der Waals surface area contributed by atoms with Crippen LogP contribution in [0.15, 0.2) is 15.8 Å². The Morgan fingerprint density at radius 1 is 1.47 bits per heavy atom. The normalized spacial score (nSPS) is 10.2. The van der Waals surface area contributed by atoms with Gasteiger partial charge in [-0.05, 0) is 6.92 Å². The van der Waals surface area contributed by atoms with E-state index in [4.69, 9.17) is 9.47 Å². The van der Waals surface area contributed by atoms with E-state index < -0.39 is 17.2 Å². The summed E-state index contributed by atoms with van der Waals surface area (Å²) in [4.78, 5) is 36.9. The van der Waals surface area contributed by atoms with Crippen LogP contribution in [0.3, 0.4) is 0 Å². The maximum Gasteiger partial charge on any atom is 0.345 e. The quantitative estimate of drug-likeness (QED) is 0.693. The summed E-state index contributed by atoms with van der Waals surface area (Å²) in [5.41, 5.74) is -1.45. The van der Waals surface area contributed by atoms with Gasteiger partial charge in [-0.3, -0.25) is 9.36 Å². The number of carbonyl (C=O) groups excluding carboxylic acids is 1. The van der Waals surface area contributed by atoms with Crippen molar-refractivity contribution in [2.45, 2.75) is 13.5 Å². The van der Waals surface area contributed by atoms with Gasteiger partial charge in [-0.15, -0.1) is 0 Å². The van der Waals surface area contributed by atoms with E-state index in [2.05, 4.69) is 4.98 Å². The molecule has 0 unspecified atom stereocenters. The second kappa shape index (κ2) is 6.00. The second-order valence-electron chi connectivity index (χ2n) is 3.18. The average Bonchev–Trinajstić information content (AvgIpc) is 2.29. The van der Waals surface area contributed by atoms with Crippen molar-refractivity contribution in [1.29, 1.82) is 0 Å². The van der Waals surface area contributed by atoms with Crippen LogP contribution in [-0.4, -0.2) is 35.8 Å². The maximum atomic E-state index is 11.8. The van der Waals surface area contributed by atoms with Gasteiger partial charge in [-0.1, -0.05) is 0 Å². The minimum Gasteiger partial charge on any atom is -0.462 e. The molecule has 0 aliphatic carbocycles. The molecular weight excluding hydrogens is 228 g/mol. The molecule has 0 fully saturated rings. The minimum atomic E-state index is -0.750. The lowest BCUT2D eigenvalue weighted by Gasteiger charge is -2.05. The Bertz CT molecular complexity index is 502. The van der Waals surface area contributed by atoms with Crippen LogP contribution >= 0.6 is 0 Å². The van der Waals surface area contributed by atoms with E-state index in [0.29, 0.717) is 0 Å². The molecule has 0 aliphatic heterocycles. The van der Waals surface area contributed by atoms with Crippen molar-refractivity contribution >= 4 is 5.97 Å². The molecule has 1 heterocycles. The van der Waals surface area contributed by atoms with Gasteiger partial charge in [-0.2, -0.15) is 0 Å². The fourth-order valence-electron chi connectivity index (χ4n) is 1.25. The van der Waals surface area contributed by atoms with Crippen LogP contribution in [0.4, 0.5) is 0 Å². The average molecular weight is 242 g/mol. The van der Waals surface area contributed by atoms with Crippen LogP contribution in [0.25, 0.3) is 0 Å². The summed E-state index contributed by atoms with van der Waals surface area (Å²) in [7, 11) is 1.45. The number of hydrogen-bond acceptors (Lipinski definition) is 5. The topological polar surface area (TPSA) is 90.4 Å². The highest BCUT2D eigenvalue weighted by Gasteiger charge is 2.15. The van der Waals surface area contributed by atoms with Crippen LogP contribution in [0.5, 0.6) is 0 Å². The Kier molecular flexibility index (Phi) is 4.65. The van der Waals surface area contributed by atoms with Crippen LogP contribution in [0.1, 0.15) is 17.3 Å². The zero-order chi connectivity index (χ0) is 12.8. The third-order valence-corrected chi connectivity index (χ3v) is 2.08. The molecule has 0 aliphatic rings.